The number of nitrogens with zero attached hydrogens (tertiary/aromatic N) is 4. The lowest BCUT2D eigenvalue weighted by Crippen LogP contribution is -1.99. The lowest BCUT2D eigenvalue weighted by atomic mass is 9.97. The van der Waals surface area contributed by atoms with Crippen LogP contribution < -0.4 is 4.74 Å². The fourth-order valence-corrected chi connectivity index (χ4v) is 4.87. The van der Waals surface area contributed by atoms with Crippen molar-refractivity contribution >= 4 is 33.9 Å². The third-order valence-corrected chi connectivity index (χ3v) is 6.64. The first-order chi connectivity index (χ1) is 15.9. The number of aryl methyl sites for hydroxylation is 2. The number of thioether (sulfide) groups is 1. The van der Waals surface area contributed by atoms with Crippen LogP contribution in [0.15, 0.2) is 58.2 Å². The summed E-state index contributed by atoms with van der Waals surface area (Å²) in [6.07, 6.45) is 0. The molecule has 0 unspecified atom stereocenters. The molecule has 0 aliphatic heterocycles. The molecule has 0 bridgehead atoms. The second-order valence-corrected chi connectivity index (χ2v) is 9.48. The summed E-state index contributed by atoms with van der Waals surface area (Å²) < 4.78 is 11.8. The molecule has 0 aliphatic carbocycles. The second kappa shape index (κ2) is 8.56. The third kappa shape index (κ3) is 4.09. The highest BCUT2D eigenvalue weighted by molar-refractivity contribution is 7.98. The fourth-order valence-electron chi connectivity index (χ4n) is 3.98. The zero-order valence-corrected chi connectivity index (χ0v) is 20.2. The summed E-state index contributed by atoms with van der Waals surface area (Å²) in [4.78, 5) is 6.39. The van der Waals surface area contributed by atoms with Gasteiger partial charge in [0.25, 0.3) is 5.22 Å². The number of benzene rings is 3. The summed E-state index contributed by atoms with van der Waals surface area (Å²) in [7, 11) is 1.73. The van der Waals surface area contributed by atoms with Crippen molar-refractivity contribution in [1.29, 1.82) is 0 Å². The summed E-state index contributed by atoms with van der Waals surface area (Å²) in [5.41, 5.74) is 8.73. The molecule has 0 aliphatic rings. The Morgan fingerprint density at radius 2 is 1.73 bits per heavy atom. The summed E-state index contributed by atoms with van der Waals surface area (Å²) >= 11 is 1.59. The zero-order chi connectivity index (χ0) is 23.1. The summed E-state index contributed by atoms with van der Waals surface area (Å²) in [5.74, 6) is 2.09. The molecule has 3 aromatic carbocycles. The van der Waals surface area contributed by atoms with Gasteiger partial charge in [-0.05, 0) is 72.4 Å². The van der Waals surface area contributed by atoms with Crippen LogP contribution in [0.3, 0.4) is 0 Å². The molecule has 0 saturated heterocycles. The van der Waals surface area contributed by atoms with Crippen molar-refractivity contribution in [2.75, 3.05) is 7.11 Å². The molecule has 0 N–H and O–H groups in total. The SMILES string of the molecule is COc1cc(C)c(CSc2nc3cc(C)cc(-n4nc5ccccc5n4)c3o2)cc1C(C)C. The molecule has 5 aromatic rings. The van der Waals surface area contributed by atoms with Crippen LogP contribution in [-0.4, -0.2) is 27.1 Å². The molecule has 0 saturated carbocycles. The van der Waals surface area contributed by atoms with E-state index in [0.29, 0.717) is 16.7 Å². The minimum atomic E-state index is 0.385. The van der Waals surface area contributed by atoms with Crippen LogP contribution in [0, 0.1) is 13.8 Å². The van der Waals surface area contributed by atoms with E-state index in [0.717, 1.165) is 39.3 Å². The number of hydrogen-bond donors (Lipinski definition) is 0. The molecule has 33 heavy (non-hydrogen) atoms. The van der Waals surface area contributed by atoms with Crippen LogP contribution in [0.5, 0.6) is 5.75 Å². The Hall–Kier alpha value is -3.32. The molecule has 0 fully saturated rings. The van der Waals surface area contributed by atoms with Gasteiger partial charge in [0.1, 0.15) is 28.0 Å². The molecule has 7 heteroatoms. The molecular formula is C26H26N4O2S. The molecule has 0 radical (unpaired) electrons. The van der Waals surface area contributed by atoms with E-state index in [9.17, 15) is 0 Å². The van der Waals surface area contributed by atoms with E-state index >= 15 is 0 Å². The zero-order valence-electron chi connectivity index (χ0n) is 19.4. The predicted octanol–water partition coefficient (Wildman–Crippen LogP) is 6.60. The van der Waals surface area contributed by atoms with Crippen LogP contribution in [0.4, 0.5) is 0 Å². The van der Waals surface area contributed by atoms with Gasteiger partial charge in [0.15, 0.2) is 5.58 Å². The minimum Gasteiger partial charge on any atom is -0.496 e. The van der Waals surface area contributed by atoms with Crippen molar-refractivity contribution in [3.05, 3.63) is 70.8 Å². The Kier molecular flexibility index (Phi) is 5.58. The van der Waals surface area contributed by atoms with Crippen molar-refractivity contribution in [2.45, 2.75) is 44.6 Å². The molecule has 2 aromatic heterocycles. The van der Waals surface area contributed by atoms with E-state index in [-0.39, 0.29) is 0 Å². The van der Waals surface area contributed by atoms with Gasteiger partial charge in [-0.15, -0.1) is 15.0 Å². The third-order valence-electron chi connectivity index (χ3n) is 5.76. The number of ether oxygens (including phenoxy) is 1. The fraction of sp³-hybridized carbons (Fsp3) is 0.269. The van der Waals surface area contributed by atoms with Crippen molar-refractivity contribution in [3.63, 3.8) is 0 Å². The summed E-state index contributed by atoms with van der Waals surface area (Å²) in [6, 6.07) is 16.3. The Bertz CT molecular complexity index is 1440. The number of fused-ring (bicyclic) bond motifs is 2. The number of hydrogen-bond acceptors (Lipinski definition) is 6. The van der Waals surface area contributed by atoms with Crippen molar-refractivity contribution in [1.82, 2.24) is 20.0 Å². The highest BCUT2D eigenvalue weighted by Crippen LogP contribution is 2.34. The van der Waals surface area contributed by atoms with Gasteiger partial charge in [0.05, 0.1) is 7.11 Å². The lowest BCUT2D eigenvalue weighted by Gasteiger charge is -2.15. The van der Waals surface area contributed by atoms with E-state index < -0.39 is 0 Å². The van der Waals surface area contributed by atoms with Gasteiger partial charge >= 0.3 is 0 Å². The number of methoxy groups -OCH3 is 1. The standard InChI is InChI=1S/C26H26N4O2S/c1-15(2)19-13-18(17(4)12-24(19)31-5)14-33-26-27-22-10-16(3)11-23(25(22)32-26)30-28-20-8-6-7-9-21(20)29-30/h6-13,15H,14H2,1-5H3. The molecule has 6 nitrogen and oxygen atoms in total. The topological polar surface area (TPSA) is 66.0 Å². The van der Waals surface area contributed by atoms with Crippen LogP contribution >= 0.6 is 11.8 Å². The van der Waals surface area contributed by atoms with Gasteiger partial charge in [-0.2, -0.15) is 0 Å². The van der Waals surface area contributed by atoms with E-state index in [1.54, 1.807) is 23.7 Å². The quantitative estimate of drug-likeness (QED) is 0.267. The molecule has 0 atom stereocenters. The van der Waals surface area contributed by atoms with E-state index in [2.05, 4.69) is 43.1 Å². The molecule has 5 rings (SSSR count). The maximum atomic E-state index is 6.22. The second-order valence-electron chi connectivity index (χ2n) is 8.55. The van der Waals surface area contributed by atoms with Gasteiger partial charge in [-0.3, -0.25) is 0 Å². The van der Waals surface area contributed by atoms with Crippen molar-refractivity contribution in [3.8, 4) is 11.4 Å². The largest absolute Gasteiger partial charge is 0.496 e. The van der Waals surface area contributed by atoms with Gasteiger partial charge in [-0.1, -0.05) is 43.8 Å². The average molecular weight is 459 g/mol. The van der Waals surface area contributed by atoms with Gasteiger partial charge in [0.2, 0.25) is 0 Å². The Labute approximate surface area is 197 Å². The lowest BCUT2D eigenvalue weighted by molar-refractivity contribution is 0.407. The first-order valence-corrected chi connectivity index (χ1v) is 12.0. The number of oxazole rings is 1. The highest BCUT2D eigenvalue weighted by Gasteiger charge is 2.17. The van der Waals surface area contributed by atoms with Gasteiger partial charge in [-0.25, -0.2) is 4.98 Å². The molecular weight excluding hydrogens is 432 g/mol. The Balaban J connectivity index is 1.48. The smallest absolute Gasteiger partial charge is 0.257 e. The maximum absolute atomic E-state index is 6.22. The van der Waals surface area contributed by atoms with Crippen LogP contribution in [0.1, 0.15) is 42.0 Å². The molecule has 0 amide bonds. The first kappa shape index (κ1) is 21.5. The van der Waals surface area contributed by atoms with Crippen LogP contribution in [0.25, 0.3) is 27.8 Å². The van der Waals surface area contributed by atoms with Crippen LogP contribution in [0.2, 0.25) is 0 Å². The van der Waals surface area contributed by atoms with Crippen molar-refractivity contribution in [2.24, 2.45) is 0 Å². The van der Waals surface area contributed by atoms with E-state index in [4.69, 9.17) is 14.1 Å². The Morgan fingerprint density at radius 1 is 1.00 bits per heavy atom. The minimum absolute atomic E-state index is 0.385. The average Bonchev–Trinajstić information content (AvgIpc) is 3.40. The summed E-state index contributed by atoms with van der Waals surface area (Å²) in [5, 5.41) is 9.89. The van der Waals surface area contributed by atoms with Gasteiger partial charge < -0.3 is 9.15 Å². The van der Waals surface area contributed by atoms with Gasteiger partial charge in [0, 0.05) is 5.75 Å². The van der Waals surface area contributed by atoms with E-state index in [1.807, 2.05) is 43.3 Å². The highest BCUT2D eigenvalue weighted by atomic mass is 32.2. The van der Waals surface area contributed by atoms with E-state index in [1.165, 1.54) is 16.7 Å². The van der Waals surface area contributed by atoms with Crippen molar-refractivity contribution < 1.29 is 9.15 Å². The maximum Gasteiger partial charge on any atom is 0.257 e. The Morgan fingerprint density at radius 3 is 2.39 bits per heavy atom. The predicted molar refractivity (Wildman–Crippen MR) is 133 cm³/mol. The van der Waals surface area contributed by atoms with Crippen LogP contribution in [-0.2, 0) is 5.75 Å². The first-order valence-electron chi connectivity index (χ1n) is 11.0. The molecule has 2 heterocycles. The monoisotopic (exact) mass is 458 g/mol. The molecule has 0 spiro atoms. The molecule has 168 valence electrons. The summed E-state index contributed by atoms with van der Waals surface area (Å²) in [6.45, 7) is 8.52. The number of aromatic nitrogens is 4. The number of rotatable bonds is 6. The normalized spacial score (nSPS) is 11.7.